The molecule has 16 bridgehead atoms. The highest BCUT2D eigenvalue weighted by Gasteiger charge is 2.25. The Kier molecular flexibility index (Phi) is 18.2. The van der Waals surface area contributed by atoms with E-state index in [4.69, 9.17) is 19.9 Å². The number of hydrogen-bond acceptors (Lipinski definition) is 6. The maximum absolute atomic E-state index is 14.3. The summed E-state index contributed by atoms with van der Waals surface area (Å²) >= 11 is 0. The van der Waals surface area contributed by atoms with Crippen molar-refractivity contribution in [2.24, 2.45) is 42.3 Å². The molecule has 3 aromatic carbocycles. The van der Waals surface area contributed by atoms with E-state index in [1.807, 2.05) is 142 Å². The molecule has 0 saturated carbocycles. The van der Waals surface area contributed by atoms with Crippen molar-refractivity contribution in [2.45, 2.75) is 13.1 Å². The largest absolute Gasteiger partial charge is 0.354 e. The van der Waals surface area contributed by atoms with Crippen molar-refractivity contribution in [1.29, 1.82) is 0 Å². The fourth-order valence-corrected chi connectivity index (χ4v) is 15.8. The minimum Gasteiger partial charge on any atom is -0.354 e. The van der Waals surface area contributed by atoms with E-state index < -0.39 is 0 Å². The summed E-state index contributed by atoms with van der Waals surface area (Å²) in [6.07, 6.45) is 41.4. The number of carbonyl (C=O) groups excluding carboxylic acids is 2. The number of amides is 2. The fourth-order valence-electron chi connectivity index (χ4n) is 15.8. The molecule has 0 saturated heterocycles. The summed E-state index contributed by atoms with van der Waals surface area (Å²) in [7, 11) is 12.1. The summed E-state index contributed by atoms with van der Waals surface area (Å²) in [4.78, 5) is 65.9. The number of benzene rings is 3. The molecule has 6 N–H and O–H groups in total. The van der Waals surface area contributed by atoms with Crippen LogP contribution in [0.5, 0.6) is 0 Å². The smallest absolute Gasteiger partial charge is 0.251 e. The number of nitrogens with one attached hydrogen (secondary N) is 6. The van der Waals surface area contributed by atoms with Crippen LogP contribution in [0, 0.1) is 0 Å². The first-order valence-electron chi connectivity index (χ1n) is 38.6. The van der Waals surface area contributed by atoms with E-state index in [9.17, 15) is 9.59 Å². The molecule has 0 unspecified atom stereocenters. The SMILES string of the molecule is C[n+]1ccc(-c2c3nc(c(-c4cc[n+](C)cc4)c4ccc([nH]4)c(-c4cc[n+](C)cc4)c4nc(c(-c5ccc(C(=O)NCc6cccc(CNC(=O)c7ccc(-c8c9nc(c(-c%10cc[n+](C)cc%10)c%10ccc([nH]%10)c(-c%10cc[n+](C)cc%10)c%10nc(c(-c%11cc[n+](C)cc%11)c%11ccc8[nH]%11)C=C%10)C=C9)cc7)c6)cc5)c5ccc2[nH]5)C=C4)C=C3)cc1. The molecule has 558 valence electrons. The molecule has 16 heterocycles. The molecule has 15 aromatic rings. The van der Waals surface area contributed by atoms with Crippen LogP contribution in [-0.4, -0.2) is 51.7 Å². The molecule has 0 aliphatic carbocycles. The third kappa shape index (κ3) is 13.9. The van der Waals surface area contributed by atoms with Gasteiger partial charge in [0.1, 0.15) is 42.3 Å². The van der Waals surface area contributed by atoms with E-state index in [2.05, 4.69) is 275 Å². The highest BCUT2D eigenvalue weighted by Crippen LogP contribution is 2.42. The zero-order valence-electron chi connectivity index (χ0n) is 64.7. The fraction of sp³-hybridized carbons (Fsp3) is 0.0816. The topological polar surface area (TPSA) is 196 Å². The number of hydrogen-bond donors (Lipinski definition) is 6. The Balaban J connectivity index is 0.613. The second-order valence-corrected chi connectivity index (χ2v) is 29.9. The van der Waals surface area contributed by atoms with Crippen LogP contribution in [0.4, 0.5) is 0 Å². The standard InChI is InChI=1S/C98H76N16O2/c1-109-46-34-65(35-47-109)91-77-22-18-73(101-77)89(74-19-23-78(102-74)92(66-36-48-110(2)49-37-66)82-27-31-86(106-82)95(85-30-26-81(91)105-85)69-42-54-113(5)55-43-69)63-10-14-71(15-11-63)97(115)99-59-61-8-7-9-62(58-61)60-100-98(116)72-16-12-64(13-17-72)90-75-20-24-79(103-75)93(67-38-50-111(3)51-39-67)83-28-32-87(107-83)96(70-44-56-114(6)57-45-70)88-33-29-84(108-88)94(80-25-21-76(90)104-80)68-40-52-112(4)53-41-68/h7-58H,59-60H2,1-6H3,(H2-2,99,100,101,102,103,104,105,106,107,108,115,116)/q+2/p+4. The van der Waals surface area contributed by atoms with Gasteiger partial charge in [0.05, 0.1) is 45.6 Å². The molecular weight excluding hydrogens is 1430 g/mol. The molecule has 18 nitrogen and oxygen atoms in total. The van der Waals surface area contributed by atoms with Crippen LogP contribution in [0.3, 0.4) is 0 Å². The number of carbonyl (C=O) groups is 2. The van der Waals surface area contributed by atoms with Crippen molar-refractivity contribution in [3.63, 3.8) is 0 Å². The van der Waals surface area contributed by atoms with Gasteiger partial charge in [0.2, 0.25) is 0 Å². The predicted molar refractivity (Wildman–Crippen MR) is 457 cm³/mol. The molecule has 0 spiro atoms. The number of aryl methyl sites for hydroxylation is 6. The Morgan fingerprint density at radius 2 is 0.431 bits per heavy atom. The Hall–Kier alpha value is -15.3. The molecule has 0 radical (unpaired) electrons. The maximum atomic E-state index is 14.3. The van der Waals surface area contributed by atoms with Gasteiger partial charge in [0.25, 0.3) is 11.8 Å². The monoisotopic (exact) mass is 1510 g/mol. The van der Waals surface area contributed by atoms with Crippen LogP contribution in [0.25, 0.3) is 182 Å². The molecule has 0 fully saturated rings. The van der Waals surface area contributed by atoms with Crippen LogP contribution < -0.4 is 38.0 Å². The van der Waals surface area contributed by atoms with Crippen LogP contribution in [0.1, 0.15) is 77.4 Å². The molecule has 116 heavy (non-hydrogen) atoms. The van der Waals surface area contributed by atoms with Gasteiger partial charge in [0.15, 0.2) is 74.4 Å². The van der Waals surface area contributed by atoms with E-state index in [1.54, 1.807) is 0 Å². The van der Waals surface area contributed by atoms with Crippen LogP contribution >= 0.6 is 0 Å². The zero-order chi connectivity index (χ0) is 78.7. The number of rotatable bonds is 14. The molecule has 2 amide bonds. The van der Waals surface area contributed by atoms with Gasteiger partial charge >= 0.3 is 0 Å². The second kappa shape index (κ2) is 29.7. The number of nitrogens with zero attached hydrogens (tertiary/aromatic N) is 10. The Bertz CT molecular complexity index is 6480. The molecule has 19 rings (SSSR count). The molecule has 4 aliphatic rings. The lowest BCUT2D eigenvalue weighted by Gasteiger charge is -2.10. The first-order valence-corrected chi connectivity index (χ1v) is 38.6. The third-order valence-corrected chi connectivity index (χ3v) is 21.9. The Labute approximate surface area is 668 Å². The van der Waals surface area contributed by atoms with Crippen molar-refractivity contribution in [2.75, 3.05) is 0 Å². The summed E-state index contributed by atoms with van der Waals surface area (Å²) in [6, 6.07) is 65.8. The number of H-pyrrole nitrogens is 4. The van der Waals surface area contributed by atoms with Crippen LogP contribution in [0.15, 0.2) is 268 Å². The van der Waals surface area contributed by atoms with Crippen LogP contribution in [0.2, 0.25) is 0 Å². The maximum Gasteiger partial charge on any atom is 0.251 e. The first-order chi connectivity index (χ1) is 56.7. The number of aromatic amines is 4. The van der Waals surface area contributed by atoms with E-state index in [0.29, 0.717) is 11.1 Å². The van der Waals surface area contributed by atoms with Gasteiger partial charge in [-0.05, 0) is 177 Å². The van der Waals surface area contributed by atoms with Crippen molar-refractivity contribution in [3.05, 3.63) is 336 Å². The summed E-state index contributed by atoms with van der Waals surface area (Å²) in [6.45, 7) is 0.523. The van der Waals surface area contributed by atoms with Crippen molar-refractivity contribution < 1.29 is 37.0 Å². The summed E-state index contributed by atoms with van der Waals surface area (Å²) in [5.41, 5.74) is 31.5. The van der Waals surface area contributed by atoms with Gasteiger partial charge < -0.3 is 30.6 Å². The minimum atomic E-state index is -0.229. The number of aromatic nitrogens is 14. The molecule has 0 atom stereocenters. The lowest BCUT2D eigenvalue weighted by Crippen LogP contribution is -2.25. The van der Waals surface area contributed by atoms with Crippen LogP contribution in [-0.2, 0) is 55.4 Å². The van der Waals surface area contributed by atoms with Gasteiger partial charge in [-0.3, -0.25) is 9.59 Å². The van der Waals surface area contributed by atoms with Gasteiger partial charge in [0, 0.05) is 186 Å². The normalized spacial score (nSPS) is 12.1. The van der Waals surface area contributed by atoms with Crippen molar-refractivity contribution in [1.82, 2.24) is 50.5 Å². The van der Waals surface area contributed by atoms with E-state index in [1.165, 1.54) is 0 Å². The van der Waals surface area contributed by atoms with Gasteiger partial charge in [-0.1, -0.05) is 48.5 Å². The highest BCUT2D eigenvalue weighted by atomic mass is 16.2. The lowest BCUT2D eigenvalue weighted by molar-refractivity contribution is -0.671. The van der Waals surface area contributed by atoms with Gasteiger partial charge in [-0.2, -0.15) is 0 Å². The summed E-state index contributed by atoms with van der Waals surface area (Å²) in [5, 5.41) is 6.34. The first kappa shape index (κ1) is 71.0. The van der Waals surface area contributed by atoms with Crippen molar-refractivity contribution >= 4 is 105 Å². The average molecular weight is 1510 g/mol. The third-order valence-electron chi connectivity index (χ3n) is 21.9. The van der Waals surface area contributed by atoms with E-state index in [-0.39, 0.29) is 24.9 Å². The summed E-state index contributed by atoms with van der Waals surface area (Å²) in [5.74, 6) is -0.457. The Morgan fingerprint density at radius 1 is 0.250 bits per heavy atom. The average Bonchev–Trinajstić information content (AvgIpc) is 1.62. The zero-order valence-corrected chi connectivity index (χ0v) is 64.7. The Morgan fingerprint density at radius 3 is 0.621 bits per heavy atom. The molecule has 12 aromatic heterocycles. The van der Waals surface area contributed by atoms with Gasteiger partial charge in [-0.15, -0.1) is 0 Å². The van der Waals surface area contributed by atoms with E-state index >= 15 is 0 Å². The predicted octanol–water partition coefficient (Wildman–Crippen LogP) is 15.8. The van der Waals surface area contributed by atoms with E-state index in [0.717, 1.165) is 190 Å². The molecule has 18 heteroatoms. The number of fused-ring (bicyclic) bond motifs is 16. The van der Waals surface area contributed by atoms with Gasteiger partial charge in [-0.25, -0.2) is 47.3 Å². The second-order valence-electron chi connectivity index (χ2n) is 29.9. The minimum absolute atomic E-state index is 0.229. The summed E-state index contributed by atoms with van der Waals surface area (Å²) < 4.78 is 12.2. The highest BCUT2D eigenvalue weighted by molar-refractivity contribution is 6.04. The quantitative estimate of drug-likeness (QED) is 0.0586. The lowest BCUT2D eigenvalue weighted by atomic mass is 10.0. The number of pyridine rings is 6. The molecular formula is C98H80N16O2+6. The van der Waals surface area contributed by atoms with Crippen molar-refractivity contribution in [3.8, 4) is 89.0 Å². The molecule has 4 aliphatic heterocycles.